The first-order chi connectivity index (χ1) is 15.9. The Morgan fingerprint density at radius 3 is 2.64 bits per heavy atom. The number of benzene rings is 2. The van der Waals surface area contributed by atoms with E-state index in [1.54, 1.807) is 41.2 Å². The van der Waals surface area contributed by atoms with Crippen LogP contribution >= 0.6 is 11.6 Å². The van der Waals surface area contributed by atoms with Crippen molar-refractivity contribution in [2.75, 3.05) is 12.4 Å². The lowest BCUT2D eigenvalue weighted by Gasteiger charge is -2.10. The summed E-state index contributed by atoms with van der Waals surface area (Å²) in [4.78, 5) is 25.5. The van der Waals surface area contributed by atoms with Crippen molar-refractivity contribution >= 4 is 34.4 Å². The second-order valence-corrected chi connectivity index (χ2v) is 7.99. The van der Waals surface area contributed by atoms with Gasteiger partial charge in [-0.05, 0) is 42.8 Å². The van der Waals surface area contributed by atoms with Crippen molar-refractivity contribution < 1.29 is 9.53 Å². The normalized spacial score (nSPS) is 11.2. The second-order valence-electron chi connectivity index (χ2n) is 7.55. The van der Waals surface area contributed by atoms with Gasteiger partial charge in [-0.2, -0.15) is 5.10 Å². The Labute approximate surface area is 192 Å². The van der Waals surface area contributed by atoms with Crippen LogP contribution in [0.15, 0.2) is 65.7 Å². The summed E-state index contributed by atoms with van der Waals surface area (Å²) in [6, 6.07) is 14.6. The first-order valence-electron chi connectivity index (χ1n) is 10.1. The molecule has 9 nitrogen and oxygen atoms in total. The highest BCUT2D eigenvalue weighted by Crippen LogP contribution is 2.25. The number of anilines is 1. The van der Waals surface area contributed by atoms with Gasteiger partial charge < -0.3 is 10.1 Å². The zero-order chi connectivity index (χ0) is 23.1. The van der Waals surface area contributed by atoms with Crippen molar-refractivity contribution in [3.63, 3.8) is 0 Å². The van der Waals surface area contributed by atoms with Crippen LogP contribution in [0.1, 0.15) is 5.56 Å². The molecule has 2 aromatic carbocycles. The molecule has 0 aliphatic heterocycles. The lowest BCUT2D eigenvalue weighted by Crippen LogP contribution is -2.28. The Bertz CT molecular complexity index is 1570. The molecule has 3 heterocycles. The van der Waals surface area contributed by atoms with Crippen LogP contribution in [0.4, 0.5) is 5.69 Å². The van der Waals surface area contributed by atoms with Crippen LogP contribution in [0.25, 0.3) is 22.4 Å². The number of methoxy groups -OCH3 is 1. The molecule has 0 bridgehead atoms. The van der Waals surface area contributed by atoms with Gasteiger partial charge in [0.1, 0.15) is 17.8 Å². The summed E-state index contributed by atoms with van der Waals surface area (Å²) in [5.74, 6) is 0.141. The van der Waals surface area contributed by atoms with Gasteiger partial charge in [0.15, 0.2) is 5.65 Å². The van der Waals surface area contributed by atoms with Crippen LogP contribution in [0.2, 0.25) is 5.02 Å². The predicted molar refractivity (Wildman–Crippen MR) is 125 cm³/mol. The molecule has 5 rings (SSSR count). The zero-order valence-corrected chi connectivity index (χ0v) is 18.6. The number of ether oxygens (including phenoxy) is 1. The number of carbonyl (C=O) groups is 1. The third kappa shape index (κ3) is 3.83. The molecule has 0 saturated heterocycles. The van der Waals surface area contributed by atoms with E-state index in [0.717, 1.165) is 15.8 Å². The smallest absolute Gasteiger partial charge is 0.350 e. The molecule has 0 spiro atoms. The maximum atomic E-state index is 12.9. The summed E-state index contributed by atoms with van der Waals surface area (Å²) in [7, 11) is 1.53. The average molecular weight is 463 g/mol. The first kappa shape index (κ1) is 20.8. The van der Waals surface area contributed by atoms with E-state index < -0.39 is 11.6 Å². The zero-order valence-electron chi connectivity index (χ0n) is 17.8. The Kier molecular flexibility index (Phi) is 5.10. The minimum absolute atomic E-state index is 0.248. The highest BCUT2D eigenvalue weighted by Gasteiger charge is 2.16. The van der Waals surface area contributed by atoms with Gasteiger partial charge in [-0.3, -0.25) is 4.79 Å². The number of amides is 1. The van der Waals surface area contributed by atoms with Gasteiger partial charge in [0.05, 0.1) is 18.5 Å². The molecule has 10 heteroatoms. The minimum atomic E-state index is -0.423. The predicted octanol–water partition coefficient (Wildman–Crippen LogP) is 3.42. The molecular formula is C23H19ClN6O3. The van der Waals surface area contributed by atoms with Gasteiger partial charge in [0, 0.05) is 23.0 Å². The molecule has 0 unspecified atom stereocenters. The number of hydrogen-bond donors (Lipinski definition) is 1. The Morgan fingerprint density at radius 2 is 1.88 bits per heavy atom. The first-order valence-corrected chi connectivity index (χ1v) is 10.5. The maximum absolute atomic E-state index is 12.9. The monoisotopic (exact) mass is 462 g/mol. The fourth-order valence-corrected chi connectivity index (χ4v) is 3.77. The number of nitrogens with zero attached hydrogens (tertiary/aromatic N) is 5. The number of halogens is 1. The van der Waals surface area contributed by atoms with Crippen molar-refractivity contribution in [3.8, 4) is 17.0 Å². The molecule has 1 N–H and O–H groups in total. The minimum Gasteiger partial charge on any atom is -0.495 e. The molecule has 0 aliphatic rings. The van der Waals surface area contributed by atoms with Gasteiger partial charge >= 0.3 is 5.69 Å². The molecule has 33 heavy (non-hydrogen) atoms. The largest absolute Gasteiger partial charge is 0.495 e. The van der Waals surface area contributed by atoms with E-state index in [1.807, 2.05) is 31.2 Å². The van der Waals surface area contributed by atoms with Crippen LogP contribution in [0.3, 0.4) is 0 Å². The van der Waals surface area contributed by atoms with Gasteiger partial charge in [0.2, 0.25) is 5.91 Å². The van der Waals surface area contributed by atoms with E-state index in [2.05, 4.69) is 15.5 Å². The average Bonchev–Trinajstić information content (AvgIpc) is 3.36. The Morgan fingerprint density at radius 1 is 1.09 bits per heavy atom. The van der Waals surface area contributed by atoms with Crippen molar-refractivity contribution in [2.45, 2.75) is 13.5 Å². The highest BCUT2D eigenvalue weighted by atomic mass is 35.5. The number of hydrogen-bond acceptors (Lipinski definition) is 5. The molecule has 0 radical (unpaired) electrons. The molecule has 3 aromatic heterocycles. The summed E-state index contributed by atoms with van der Waals surface area (Å²) in [5, 5.41) is 12.4. The maximum Gasteiger partial charge on any atom is 0.350 e. The SMILES string of the molecule is COc1ccc(C)cc1NC(=O)Cn1nc2c3cc(-c4ccc(Cl)cc4)nn3ccn2c1=O. The van der Waals surface area contributed by atoms with Crippen LogP contribution < -0.4 is 15.7 Å². The summed E-state index contributed by atoms with van der Waals surface area (Å²) >= 11 is 5.98. The number of aryl methyl sites for hydroxylation is 1. The van der Waals surface area contributed by atoms with Crippen LogP contribution in [-0.2, 0) is 11.3 Å². The second kappa shape index (κ2) is 8.10. The number of rotatable bonds is 5. The standard InChI is InChI=1S/C23H19ClN6O3/c1-14-3-8-20(33-2)18(11-14)25-21(31)13-30-23(32)28-9-10-29-19(22(28)27-30)12-17(26-29)15-4-6-16(24)7-5-15/h3-12H,13H2,1-2H3,(H,25,31). The third-order valence-corrected chi connectivity index (χ3v) is 5.51. The molecule has 0 atom stereocenters. The number of fused-ring (bicyclic) bond motifs is 3. The highest BCUT2D eigenvalue weighted by molar-refractivity contribution is 6.30. The van der Waals surface area contributed by atoms with E-state index >= 15 is 0 Å². The van der Waals surface area contributed by atoms with Crippen LogP contribution in [0, 0.1) is 6.92 Å². The van der Waals surface area contributed by atoms with Crippen LogP contribution in [-0.4, -0.2) is 36.8 Å². The quantitative estimate of drug-likeness (QED) is 0.432. The fourth-order valence-electron chi connectivity index (χ4n) is 3.64. The molecule has 0 aliphatic carbocycles. The molecule has 0 fully saturated rings. The number of aromatic nitrogens is 5. The topological polar surface area (TPSA) is 94.9 Å². The Balaban J connectivity index is 1.48. The van der Waals surface area contributed by atoms with E-state index in [-0.39, 0.29) is 6.54 Å². The number of carbonyl (C=O) groups excluding carboxylic acids is 1. The molecule has 5 aromatic rings. The summed E-state index contributed by atoms with van der Waals surface area (Å²) < 4.78 is 9.46. The fraction of sp³-hybridized carbons (Fsp3) is 0.130. The molecule has 1 amide bonds. The van der Waals surface area contributed by atoms with E-state index in [4.69, 9.17) is 16.3 Å². The van der Waals surface area contributed by atoms with Crippen molar-refractivity contribution in [3.05, 3.63) is 82.0 Å². The molecule has 166 valence electrons. The lowest BCUT2D eigenvalue weighted by molar-refractivity contribution is -0.117. The Hall–Kier alpha value is -4.11. The van der Waals surface area contributed by atoms with E-state index in [0.29, 0.717) is 33.3 Å². The summed E-state index contributed by atoms with van der Waals surface area (Å²) in [6.45, 7) is 1.67. The van der Waals surface area contributed by atoms with E-state index in [9.17, 15) is 9.59 Å². The van der Waals surface area contributed by atoms with Gasteiger partial charge in [-0.1, -0.05) is 29.8 Å². The van der Waals surface area contributed by atoms with Gasteiger partial charge in [-0.15, -0.1) is 5.10 Å². The molecule has 0 saturated carbocycles. The van der Waals surface area contributed by atoms with Gasteiger partial charge in [0.25, 0.3) is 0 Å². The van der Waals surface area contributed by atoms with Crippen molar-refractivity contribution in [1.82, 2.24) is 23.8 Å². The van der Waals surface area contributed by atoms with Crippen LogP contribution in [0.5, 0.6) is 5.75 Å². The summed E-state index contributed by atoms with van der Waals surface area (Å²) in [6.07, 6.45) is 3.25. The lowest BCUT2D eigenvalue weighted by atomic mass is 10.1. The van der Waals surface area contributed by atoms with E-state index in [1.165, 1.54) is 11.5 Å². The molecular weight excluding hydrogens is 444 g/mol. The van der Waals surface area contributed by atoms with Gasteiger partial charge in [-0.25, -0.2) is 18.4 Å². The third-order valence-electron chi connectivity index (χ3n) is 5.25. The van der Waals surface area contributed by atoms with Crippen molar-refractivity contribution in [1.29, 1.82) is 0 Å². The van der Waals surface area contributed by atoms with Crippen molar-refractivity contribution in [2.24, 2.45) is 0 Å². The summed E-state index contributed by atoms with van der Waals surface area (Å²) in [5.41, 5.74) is 3.71. The number of nitrogens with one attached hydrogen (secondary N) is 1.